The quantitative estimate of drug-likeness (QED) is 0.299. The monoisotopic (exact) mass is 513 g/mol. The summed E-state index contributed by atoms with van der Waals surface area (Å²) in [6.45, 7) is 3.52. The molecule has 176 valence electrons. The number of benzene rings is 2. The molecule has 0 radical (unpaired) electrons. The van der Waals surface area contributed by atoms with Gasteiger partial charge in [-0.1, -0.05) is 67.7 Å². The fraction of sp³-hybridized carbons (Fsp3) is 0.261. The van der Waals surface area contributed by atoms with Crippen LogP contribution >= 0.6 is 34.9 Å². The van der Waals surface area contributed by atoms with Crippen LogP contribution in [0.1, 0.15) is 19.7 Å². The summed E-state index contributed by atoms with van der Waals surface area (Å²) in [5, 5.41) is 21.2. The average molecular weight is 514 g/mol. The molecule has 0 aliphatic rings. The van der Waals surface area contributed by atoms with Gasteiger partial charge in [-0.15, -0.1) is 21.5 Å². The van der Waals surface area contributed by atoms with Crippen LogP contribution in [0.15, 0.2) is 64.1 Å². The Morgan fingerprint density at radius 1 is 1.06 bits per heavy atom. The number of para-hydroxylation sites is 2. The SMILES string of the molecule is CC(C)[C@@H](NC(=O)CSc1nnc(CSc2nc3ccccc3s2)n1-c1ccccc1)C(=O)O. The van der Waals surface area contributed by atoms with E-state index in [1.54, 1.807) is 36.9 Å². The van der Waals surface area contributed by atoms with Gasteiger partial charge in [0.2, 0.25) is 5.91 Å². The first-order chi connectivity index (χ1) is 16.4. The Bertz CT molecular complexity index is 1260. The predicted molar refractivity (Wildman–Crippen MR) is 136 cm³/mol. The van der Waals surface area contributed by atoms with Gasteiger partial charge in [0.15, 0.2) is 9.50 Å². The van der Waals surface area contributed by atoms with Crippen molar-refractivity contribution >= 4 is 57.0 Å². The van der Waals surface area contributed by atoms with Gasteiger partial charge < -0.3 is 10.4 Å². The van der Waals surface area contributed by atoms with Gasteiger partial charge >= 0.3 is 5.97 Å². The molecule has 1 amide bonds. The Hall–Kier alpha value is -2.89. The molecule has 2 N–H and O–H groups in total. The number of aliphatic carboxylic acids is 1. The van der Waals surface area contributed by atoms with E-state index in [1.165, 1.54) is 11.8 Å². The second-order valence-corrected chi connectivity index (χ2v) is 10.9. The van der Waals surface area contributed by atoms with Crippen molar-refractivity contribution in [3.05, 3.63) is 60.4 Å². The first-order valence-electron chi connectivity index (χ1n) is 10.6. The third-order valence-electron chi connectivity index (χ3n) is 4.90. The van der Waals surface area contributed by atoms with Crippen molar-refractivity contribution < 1.29 is 14.7 Å². The zero-order chi connectivity index (χ0) is 24.1. The number of carbonyl (C=O) groups excluding carboxylic acids is 1. The van der Waals surface area contributed by atoms with E-state index < -0.39 is 12.0 Å². The second-order valence-electron chi connectivity index (χ2n) is 7.72. The number of carboxylic acid groups (broad SMARTS) is 1. The Morgan fingerprint density at radius 2 is 1.79 bits per heavy atom. The molecule has 2 aromatic heterocycles. The number of thioether (sulfide) groups is 2. The Kier molecular flexibility index (Phi) is 7.86. The highest BCUT2D eigenvalue weighted by Gasteiger charge is 2.24. The third kappa shape index (κ3) is 5.78. The van der Waals surface area contributed by atoms with Gasteiger partial charge in [0.05, 0.1) is 21.7 Å². The lowest BCUT2D eigenvalue weighted by Gasteiger charge is -2.17. The van der Waals surface area contributed by atoms with E-state index in [0.717, 1.165) is 26.1 Å². The predicted octanol–water partition coefficient (Wildman–Crippen LogP) is 4.49. The second kappa shape index (κ2) is 11.0. The smallest absolute Gasteiger partial charge is 0.326 e. The summed E-state index contributed by atoms with van der Waals surface area (Å²) < 4.78 is 4.01. The summed E-state index contributed by atoms with van der Waals surface area (Å²) in [6.07, 6.45) is 0. The van der Waals surface area contributed by atoms with Gasteiger partial charge in [0.25, 0.3) is 0 Å². The molecule has 8 nitrogen and oxygen atoms in total. The number of amides is 1. The molecule has 0 aliphatic heterocycles. The first kappa shape index (κ1) is 24.2. The minimum Gasteiger partial charge on any atom is -0.480 e. The molecule has 0 saturated carbocycles. The standard InChI is InChI=1S/C23H23N5O3S3/c1-14(2)20(21(30)31)25-19(29)13-32-22-27-26-18(28(22)15-8-4-3-5-9-15)12-33-23-24-16-10-6-7-11-17(16)34-23/h3-11,14,20H,12-13H2,1-2H3,(H,25,29)(H,30,31)/t20-/m1/s1. The zero-order valence-corrected chi connectivity index (χ0v) is 21.0. The maximum absolute atomic E-state index is 12.4. The van der Waals surface area contributed by atoms with E-state index in [1.807, 2.05) is 53.1 Å². The van der Waals surface area contributed by atoms with Crippen LogP contribution in [0, 0.1) is 5.92 Å². The number of aromatic nitrogens is 4. The highest BCUT2D eigenvalue weighted by Crippen LogP contribution is 2.32. The largest absolute Gasteiger partial charge is 0.480 e. The average Bonchev–Trinajstić information content (AvgIpc) is 3.43. The fourth-order valence-electron chi connectivity index (χ4n) is 3.22. The van der Waals surface area contributed by atoms with E-state index >= 15 is 0 Å². The molecule has 1 atom stereocenters. The number of carboxylic acids is 1. The van der Waals surface area contributed by atoms with Crippen molar-refractivity contribution in [2.24, 2.45) is 5.92 Å². The van der Waals surface area contributed by atoms with Crippen molar-refractivity contribution in [2.75, 3.05) is 5.75 Å². The Labute approximate surface area is 209 Å². The normalized spacial score (nSPS) is 12.2. The van der Waals surface area contributed by atoms with E-state index in [4.69, 9.17) is 0 Å². The van der Waals surface area contributed by atoms with Crippen molar-refractivity contribution in [1.82, 2.24) is 25.1 Å². The molecule has 11 heteroatoms. The number of hydrogen-bond donors (Lipinski definition) is 2. The number of thiazole rings is 1. The lowest BCUT2D eigenvalue weighted by Crippen LogP contribution is -2.45. The van der Waals surface area contributed by atoms with Crippen LogP contribution in [0.3, 0.4) is 0 Å². The number of nitrogens with zero attached hydrogens (tertiary/aromatic N) is 4. The summed E-state index contributed by atoms with van der Waals surface area (Å²) in [5.41, 5.74) is 1.86. The van der Waals surface area contributed by atoms with Gasteiger partial charge in [-0.3, -0.25) is 9.36 Å². The molecule has 0 fully saturated rings. The molecule has 2 heterocycles. The lowest BCUT2D eigenvalue weighted by atomic mass is 10.1. The molecule has 0 bridgehead atoms. The third-order valence-corrected chi connectivity index (χ3v) is 8.00. The summed E-state index contributed by atoms with van der Waals surface area (Å²) in [7, 11) is 0. The van der Waals surface area contributed by atoms with E-state index in [9.17, 15) is 14.7 Å². The molecule has 0 aliphatic carbocycles. The maximum Gasteiger partial charge on any atom is 0.326 e. The van der Waals surface area contributed by atoms with Gasteiger partial charge in [-0.05, 0) is 30.2 Å². The minimum absolute atomic E-state index is 0.0342. The highest BCUT2D eigenvalue weighted by molar-refractivity contribution is 8.00. The van der Waals surface area contributed by atoms with Crippen molar-refractivity contribution in [3.8, 4) is 5.69 Å². The summed E-state index contributed by atoms with van der Waals surface area (Å²) >= 11 is 4.45. The number of hydrogen-bond acceptors (Lipinski definition) is 8. The van der Waals surface area contributed by atoms with Gasteiger partial charge in [0.1, 0.15) is 11.9 Å². The van der Waals surface area contributed by atoms with Crippen molar-refractivity contribution in [2.45, 2.75) is 35.1 Å². The van der Waals surface area contributed by atoms with Crippen LogP contribution in [-0.2, 0) is 15.3 Å². The molecule has 0 saturated heterocycles. The molecule has 34 heavy (non-hydrogen) atoms. The molecule has 0 spiro atoms. The van der Waals surface area contributed by atoms with Crippen LogP contribution in [-0.4, -0.2) is 48.5 Å². The number of nitrogens with one attached hydrogen (secondary N) is 1. The number of fused-ring (bicyclic) bond motifs is 1. The lowest BCUT2D eigenvalue weighted by molar-refractivity contribution is -0.142. The molecule has 2 aromatic carbocycles. The van der Waals surface area contributed by atoms with Crippen LogP contribution in [0.4, 0.5) is 0 Å². The van der Waals surface area contributed by atoms with E-state index in [0.29, 0.717) is 10.9 Å². The van der Waals surface area contributed by atoms with Crippen molar-refractivity contribution in [1.29, 1.82) is 0 Å². The Balaban J connectivity index is 1.50. The van der Waals surface area contributed by atoms with Crippen LogP contribution in [0.2, 0.25) is 0 Å². The maximum atomic E-state index is 12.4. The molecule has 4 rings (SSSR count). The summed E-state index contributed by atoms with van der Waals surface area (Å²) in [4.78, 5) is 28.5. The molecular formula is C23H23N5O3S3. The highest BCUT2D eigenvalue weighted by atomic mass is 32.2. The molecular weight excluding hydrogens is 490 g/mol. The number of rotatable bonds is 10. The van der Waals surface area contributed by atoms with E-state index in [-0.39, 0.29) is 17.6 Å². The topological polar surface area (TPSA) is 110 Å². The van der Waals surface area contributed by atoms with Crippen LogP contribution in [0.5, 0.6) is 0 Å². The van der Waals surface area contributed by atoms with E-state index in [2.05, 4.69) is 26.6 Å². The van der Waals surface area contributed by atoms with Gasteiger partial charge in [-0.25, -0.2) is 9.78 Å². The molecule has 0 unspecified atom stereocenters. The fourth-order valence-corrected chi connectivity index (χ4v) is 5.98. The summed E-state index contributed by atoms with van der Waals surface area (Å²) in [6, 6.07) is 16.8. The molecule has 4 aromatic rings. The van der Waals surface area contributed by atoms with Gasteiger partial charge in [0, 0.05) is 5.69 Å². The van der Waals surface area contributed by atoms with Crippen LogP contribution < -0.4 is 5.32 Å². The number of carbonyl (C=O) groups is 2. The van der Waals surface area contributed by atoms with Crippen molar-refractivity contribution in [3.63, 3.8) is 0 Å². The van der Waals surface area contributed by atoms with Gasteiger partial charge in [-0.2, -0.15) is 0 Å². The zero-order valence-electron chi connectivity index (χ0n) is 18.5. The Morgan fingerprint density at radius 3 is 2.50 bits per heavy atom. The summed E-state index contributed by atoms with van der Waals surface area (Å²) in [5.74, 6) is -0.293. The van der Waals surface area contributed by atoms with Crippen LogP contribution in [0.25, 0.3) is 15.9 Å². The first-order valence-corrected chi connectivity index (χ1v) is 13.3. The minimum atomic E-state index is -1.05.